The van der Waals surface area contributed by atoms with Crippen molar-refractivity contribution in [1.82, 2.24) is 25.2 Å². The number of hydrogen-bond acceptors (Lipinski definition) is 6. The first-order valence-electron chi connectivity index (χ1n) is 7.52. The molecule has 4 rings (SSSR count). The summed E-state index contributed by atoms with van der Waals surface area (Å²) in [6, 6.07) is 5.14. The van der Waals surface area contributed by atoms with Gasteiger partial charge < -0.3 is 9.67 Å². The second kappa shape index (κ2) is 4.50. The second-order valence-corrected chi connectivity index (χ2v) is 6.54. The molecule has 0 aliphatic carbocycles. The van der Waals surface area contributed by atoms with Gasteiger partial charge in [-0.15, -0.1) is 10.2 Å². The topological polar surface area (TPSA) is 117 Å². The molecule has 1 N–H and O–H groups in total. The molecular weight excluding hydrogens is 310 g/mol. The van der Waals surface area contributed by atoms with Crippen molar-refractivity contribution in [3.63, 3.8) is 0 Å². The summed E-state index contributed by atoms with van der Waals surface area (Å²) in [6.07, 6.45) is 0. The lowest BCUT2D eigenvalue weighted by atomic mass is 9.81. The van der Waals surface area contributed by atoms with E-state index in [2.05, 4.69) is 20.6 Å². The Morgan fingerprint density at radius 3 is 2.79 bits per heavy atom. The molecular formula is C16H14N5O3-. The van der Waals surface area contributed by atoms with E-state index in [1.165, 1.54) is 0 Å². The Labute approximate surface area is 136 Å². The van der Waals surface area contributed by atoms with E-state index < -0.39 is 22.7 Å². The van der Waals surface area contributed by atoms with Gasteiger partial charge in [-0.2, -0.15) is 5.21 Å². The zero-order valence-electron chi connectivity index (χ0n) is 13.3. The minimum absolute atomic E-state index is 0.192. The Morgan fingerprint density at radius 2 is 2.12 bits per heavy atom. The van der Waals surface area contributed by atoms with Crippen LogP contribution in [0.15, 0.2) is 23.0 Å². The maximum absolute atomic E-state index is 13.0. The maximum Gasteiger partial charge on any atom is 0.262 e. The van der Waals surface area contributed by atoms with Crippen molar-refractivity contribution < 1.29 is 9.90 Å². The lowest BCUT2D eigenvalue weighted by Crippen LogP contribution is -2.33. The van der Waals surface area contributed by atoms with Crippen LogP contribution < -0.4 is 10.7 Å². The molecule has 1 atom stereocenters. The largest absolute Gasteiger partial charge is 0.871 e. The Balaban J connectivity index is 2.13. The van der Waals surface area contributed by atoms with Crippen LogP contribution in [-0.2, 0) is 5.41 Å². The van der Waals surface area contributed by atoms with Crippen LogP contribution in [0.25, 0.3) is 10.9 Å². The molecule has 1 aromatic carbocycles. The minimum atomic E-state index is -0.813. The van der Waals surface area contributed by atoms with Gasteiger partial charge in [-0.25, -0.2) is 0 Å². The number of aromatic amines is 1. The summed E-state index contributed by atoms with van der Waals surface area (Å²) in [6.45, 7) is 5.95. The monoisotopic (exact) mass is 324 g/mol. The smallest absolute Gasteiger partial charge is 0.262 e. The van der Waals surface area contributed by atoms with Gasteiger partial charge in [0.15, 0.2) is 0 Å². The molecule has 0 saturated heterocycles. The molecule has 0 spiro atoms. The summed E-state index contributed by atoms with van der Waals surface area (Å²) >= 11 is 0. The number of carbonyl (C=O) groups is 1. The summed E-state index contributed by atoms with van der Waals surface area (Å²) in [5.74, 6) is -1.70. The number of pyridine rings is 1. The first kappa shape index (κ1) is 14.6. The van der Waals surface area contributed by atoms with Crippen LogP contribution in [0, 0.1) is 0 Å². The SMILES string of the molecule is C[C@H]1n2c(=O)c(C(=O)c3nn[nH]n3)c([O-])c3cccc(c32)C1(C)C. The number of tetrazole rings is 1. The molecule has 122 valence electrons. The van der Waals surface area contributed by atoms with Crippen LogP contribution in [0.3, 0.4) is 0 Å². The normalized spacial score (nSPS) is 18.2. The molecule has 0 radical (unpaired) electrons. The highest BCUT2D eigenvalue weighted by Crippen LogP contribution is 2.46. The molecule has 1 aliphatic rings. The van der Waals surface area contributed by atoms with Crippen molar-refractivity contribution >= 4 is 16.7 Å². The fourth-order valence-corrected chi connectivity index (χ4v) is 3.45. The van der Waals surface area contributed by atoms with Crippen molar-refractivity contribution in [1.29, 1.82) is 0 Å². The Morgan fingerprint density at radius 1 is 1.38 bits per heavy atom. The zero-order chi connectivity index (χ0) is 17.2. The van der Waals surface area contributed by atoms with E-state index in [-0.39, 0.29) is 17.3 Å². The average Bonchev–Trinajstić information content (AvgIpc) is 3.14. The predicted molar refractivity (Wildman–Crippen MR) is 83.0 cm³/mol. The number of ketones is 1. The molecule has 0 saturated carbocycles. The lowest BCUT2D eigenvalue weighted by molar-refractivity contribution is -0.266. The van der Waals surface area contributed by atoms with Crippen molar-refractivity contribution in [2.24, 2.45) is 0 Å². The second-order valence-electron chi connectivity index (χ2n) is 6.54. The molecule has 0 amide bonds. The number of nitrogens with one attached hydrogen (secondary N) is 1. The van der Waals surface area contributed by atoms with Gasteiger partial charge in [0.05, 0.1) is 11.1 Å². The first-order chi connectivity index (χ1) is 11.4. The van der Waals surface area contributed by atoms with Crippen molar-refractivity contribution in [3.05, 3.63) is 45.5 Å². The fourth-order valence-electron chi connectivity index (χ4n) is 3.45. The summed E-state index contributed by atoms with van der Waals surface area (Å²) in [5, 5.41) is 25.8. The number of carbonyl (C=O) groups excluding carboxylic acids is 1. The van der Waals surface area contributed by atoms with Gasteiger partial charge in [-0.3, -0.25) is 9.59 Å². The lowest BCUT2D eigenvalue weighted by Gasteiger charge is -2.25. The van der Waals surface area contributed by atoms with Gasteiger partial charge in [0.2, 0.25) is 11.6 Å². The number of nitrogens with zero attached hydrogens (tertiary/aromatic N) is 4. The molecule has 24 heavy (non-hydrogen) atoms. The van der Waals surface area contributed by atoms with E-state index in [9.17, 15) is 14.7 Å². The fraction of sp³-hybridized carbons (Fsp3) is 0.312. The molecule has 0 bridgehead atoms. The minimum Gasteiger partial charge on any atom is -0.871 e. The van der Waals surface area contributed by atoms with Gasteiger partial charge in [0.25, 0.3) is 5.56 Å². The summed E-state index contributed by atoms with van der Waals surface area (Å²) in [7, 11) is 0. The zero-order valence-corrected chi connectivity index (χ0v) is 13.3. The van der Waals surface area contributed by atoms with Gasteiger partial charge >= 0.3 is 0 Å². The van der Waals surface area contributed by atoms with Crippen molar-refractivity contribution in [3.8, 4) is 5.75 Å². The summed E-state index contributed by atoms with van der Waals surface area (Å²) in [4.78, 5) is 25.5. The highest BCUT2D eigenvalue weighted by molar-refractivity contribution is 6.11. The third-order valence-electron chi connectivity index (χ3n) is 5.08. The molecule has 3 heterocycles. The standard InChI is InChI=1S/C16H15N5O3/c1-7-16(2,3)9-6-4-5-8-11(9)21(7)15(24)10(12(8)22)13(23)14-17-19-20-18-14/h4-7,22H,1-3H3,(H,17,18,19,20)/p-1/t7-/m1/s1. The predicted octanol–water partition coefficient (Wildman–Crippen LogP) is 0.671. The Hall–Kier alpha value is -3.03. The van der Waals surface area contributed by atoms with E-state index in [4.69, 9.17) is 0 Å². The Bertz CT molecular complexity index is 1050. The van der Waals surface area contributed by atoms with Crippen LogP contribution in [0.4, 0.5) is 0 Å². The number of hydrogen-bond donors (Lipinski definition) is 1. The van der Waals surface area contributed by atoms with E-state index >= 15 is 0 Å². The van der Waals surface area contributed by atoms with Crippen LogP contribution >= 0.6 is 0 Å². The van der Waals surface area contributed by atoms with Crippen LogP contribution in [0.1, 0.15) is 48.6 Å². The molecule has 0 unspecified atom stereocenters. The van der Waals surface area contributed by atoms with Crippen molar-refractivity contribution in [2.45, 2.75) is 32.2 Å². The molecule has 2 aromatic heterocycles. The highest BCUT2D eigenvalue weighted by atomic mass is 16.3. The summed E-state index contributed by atoms with van der Waals surface area (Å²) in [5.41, 5.74) is 0.166. The highest BCUT2D eigenvalue weighted by Gasteiger charge is 2.40. The number of H-pyrrole nitrogens is 1. The number of aromatic nitrogens is 5. The maximum atomic E-state index is 13.0. The van der Waals surface area contributed by atoms with Crippen LogP contribution in [-0.4, -0.2) is 31.0 Å². The third-order valence-corrected chi connectivity index (χ3v) is 5.08. The van der Waals surface area contributed by atoms with Gasteiger partial charge in [-0.1, -0.05) is 37.8 Å². The average molecular weight is 324 g/mol. The van der Waals surface area contributed by atoms with Crippen LogP contribution in [0.2, 0.25) is 0 Å². The van der Waals surface area contributed by atoms with E-state index in [0.717, 1.165) is 5.56 Å². The van der Waals surface area contributed by atoms with E-state index in [1.54, 1.807) is 16.7 Å². The van der Waals surface area contributed by atoms with Crippen molar-refractivity contribution in [2.75, 3.05) is 0 Å². The molecule has 3 aromatic rings. The Kier molecular flexibility index (Phi) is 2.73. The molecule has 8 heteroatoms. The summed E-state index contributed by atoms with van der Waals surface area (Å²) < 4.78 is 1.54. The third kappa shape index (κ3) is 1.60. The number of rotatable bonds is 2. The van der Waals surface area contributed by atoms with E-state index in [0.29, 0.717) is 10.9 Å². The van der Waals surface area contributed by atoms with Gasteiger partial charge in [0.1, 0.15) is 0 Å². The van der Waals surface area contributed by atoms with E-state index in [1.807, 2.05) is 26.8 Å². The number of benzene rings is 1. The van der Waals surface area contributed by atoms with Gasteiger partial charge in [0, 0.05) is 11.5 Å². The quantitative estimate of drug-likeness (QED) is 0.693. The van der Waals surface area contributed by atoms with Gasteiger partial charge in [-0.05, 0) is 23.1 Å². The first-order valence-corrected chi connectivity index (χ1v) is 7.52. The molecule has 8 nitrogen and oxygen atoms in total. The molecule has 1 aliphatic heterocycles. The number of para-hydroxylation sites is 1. The van der Waals surface area contributed by atoms with Crippen LogP contribution in [0.5, 0.6) is 5.75 Å². The molecule has 0 fully saturated rings.